The van der Waals surface area contributed by atoms with E-state index < -0.39 is 11.9 Å². The predicted molar refractivity (Wildman–Crippen MR) is 181 cm³/mol. The second-order valence-electron chi connectivity index (χ2n) is 12.1. The Bertz CT molecular complexity index is 1820. The number of aliphatic hydroxyl groups excluding tert-OH is 1. The molecule has 0 aliphatic carbocycles. The van der Waals surface area contributed by atoms with Gasteiger partial charge in [0, 0.05) is 48.9 Å². The zero-order valence-electron chi connectivity index (χ0n) is 27.3. The zero-order chi connectivity index (χ0) is 35.1. The summed E-state index contributed by atoms with van der Waals surface area (Å²) in [6.07, 6.45) is -1.05. The minimum atomic E-state index is -0.724. The molecule has 11 nitrogen and oxygen atoms in total. The van der Waals surface area contributed by atoms with Crippen molar-refractivity contribution in [1.29, 1.82) is 5.26 Å². The average molecular weight is 713 g/mol. The molecule has 1 aliphatic heterocycles. The number of hydrogen-bond acceptors (Lipinski definition) is 10. The van der Waals surface area contributed by atoms with E-state index in [-0.39, 0.29) is 69.5 Å². The maximum absolute atomic E-state index is 15.5. The van der Waals surface area contributed by atoms with Crippen molar-refractivity contribution in [2.75, 3.05) is 45.9 Å². The number of carbonyl (C=O) groups is 1. The van der Waals surface area contributed by atoms with Crippen molar-refractivity contribution in [2.45, 2.75) is 33.3 Å². The van der Waals surface area contributed by atoms with E-state index in [0.29, 0.717) is 50.6 Å². The lowest BCUT2D eigenvalue weighted by atomic mass is 10.1. The average Bonchev–Trinajstić information content (AvgIpc) is 3.54. The summed E-state index contributed by atoms with van der Waals surface area (Å²) in [5.74, 6) is 0.502. The van der Waals surface area contributed by atoms with Gasteiger partial charge in [0.1, 0.15) is 24.2 Å². The predicted octanol–water partition coefficient (Wildman–Crippen LogP) is 6.90. The number of nitriles is 1. The quantitative estimate of drug-likeness (QED) is 0.165. The molecule has 4 aromatic rings. The molecule has 1 N–H and O–H groups in total. The third-order valence-electron chi connectivity index (χ3n) is 7.67. The first kappa shape index (κ1) is 35.9. The van der Waals surface area contributed by atoms with E-state index in [1.54, 1.807) is 17.0 Å². The van der Waals surface area contributed by atoms with Crippen LogP contribution >= 0.6 is 23.2 Å². The minimum Gasteiger partial charge on any atom is -0.491 e. The van der Waals surface area contributed by atoms with Gasteiger partial charge >= 0.3 is 6.09 Å². The molecule has 0 radical (unpaired) electrons. The van der Waals surface area contributed by atoms with Crippen molar-refractivity contribution in [3.63, 3.8) is 0 Å². The summed E-state index contributed by atoms with van der Waals surface area (Å²) in [6, 6.07) is 14.7. The van der Waals surface area contributed by atoms with Crippen LogP contribution in [0, 0.1) is 30.0 Å². The molecule has 14 heteroatoms. The maximum Gasteiger partial charge on any atom is 0.409 e. The van der Waals surface area contributed by atoms with Crippen LogP contribution in [-0.2, 0) is 11.2 Å². The van der Waals surface area contributed by atoms with Gasteiger partial charge in [0.05, 0.1) is 29.7 Å². The highest BCUT2D eigenvalue weighted by Crippen LogP contribution is 2.36. The first-order chi connectivity index (χ1) is 23.5. The Kier molecular flexibility index (Phi) is 12.0. The van der Waals surface area contributed by atoms with Crippen molar-refractivity contribution in [3.8, 4) is 34.8 Å². The molecule has 5 rings (SSSR count). The standard InChI is InChI=1S/C35H36Cl2FN5O6/c1-21(2)19-47-35(45)43-10-8-42(9-11-43)18-26(44)20-46-27-5-6-29(22(3)12-27)34-41-40-31(49-34)15-24-4-7-30(37)33(32(24)38)48-28-14-23(17-39)13-25(36)16-28/h4-7,12-14,16,21,26,44H,8-11,15,18-20H2,1-3H3/t26-/m0/s1. The molecule has 1 atom stereocenters. The summed E-state index contributed by atoms with van der Waals surface area (Å²) >= 11 is 12.3. The number of aromatic nitrogens is 2. The van der Waals surface area contributed by atoms with E-state index in [2.05, 4.69) is 15.1 Å². The highest BCUT2D eigenvalue weighted by Gasteiger charge is 2.24. The molecule has 49 heavy (non-hydrogen) atoms. The molecule has 1 amide bonds. The van der Waals surface area contributed by atoms with Crippen LogP contribution in [-0.4, -0.2) is 83.2 Å². The van der Waals surface area contributed by atoms with Crippen LogP contribution in [0.15, 0.2) is 52.9 Å². The third-order valence-corrected chi connectivity index (χ3v) is 8.18. The molecule has 0 saturated carbocycles. The maximum atomic E-state index is 15.5. The Morgan fingerprint density at radius 2 is 1.84 bits per heavy atom. The van der Waals surface area contributed by atoms with E-state index in [0.717, 1.165) is 5.56 Å². The number of nitrogens with zero attached hydrogens (tertiary/aromatic N) is 5. The Labute approximate surface area is 293 Å². The number of carbonyl (C=O) groups excluding carboxylic acids is 1. The van der Waals surface area contributed by atoms with Crippen LogP contribution in [0.1, 0.15) is 36.4 Å². The summed E-state index contributed by atoms with van der Waals surface area (Å²) in [5, 5.41) is 28.4. The van der Waals surface area contributed by atoms with E-state index in [9.17, 15) is 15.2 Å². The van der Waals surface area contributed by atoms with Gasteiger partial charge in [-0.1, -0.05) is 43.1 Å². The number of piperazine rings is 1. The molecule has 3 aromatic carbocycles. The van der Waals surface area contributed by atoms with Crippen LogP contribution in [0.4, 0.5) is 9.18 Å². The van der Waals surface area contributed by atoms with Crippen LogP contribution < -0.4 is 9.47 Å². The number of rotatable bonds is 12. The van der Waals surface area contributed by atoms with Gasteiger partial charge in [-0.3, -0.25) is 4.90 Å². The smallest absolute Gasteiger partial charge is 0.409 e. The third kappa shape index (κ3) is 9.61. The monoisotopic (exact) mass is 711 g/mol. The fourth-order valence-electron chi connectivity index (χ4n) is 5.16. The Morgan fingerprint density at radius 3 is 2.55 bits per heavy atom. The largest absolute Gasteiger partial charge is 0.491 e. The minimum absolute atomic E-state index is 0.0270. The van der Waals surface area contributed by atoms with E-state index in [1.165, 1.54) is 30.3 Å². The van der Waals surface area contributed by atoms with Crippen molar-refractivity contribution >= 4 is 29.3 Å². The summed E-state index contributed by atoms with van der Waals surface area (Å²) < 4.78 is 38.3. The normalized spacial score (nSPS) is 14.1. The zero-order valence-corrected chi connectivity index (χ0v) is 28.8. The molecule has 1 aliphatic rings. The summed E-state index contributed by atoms with van der Waals surface area (Å²) in [6.45, 7) is 9.13. The number of aryl methyl sites for hydroxylation is 1. The van der Waals surface area contributed by atoms with Gasteiger partial charge in [0.15, 0.2) is 11.6 Å². The SMILES string of the molecule is Cc1cc(OC[C@@H](O)CN2CCN(C(=O)OCC(C)C)CC2)ccc1-c1nnc(Cc2ccc(Cl)c(Oc3cc(Cl)cc(C#N)c3)c2F)o1. The van der Waals surface area contributed by atoms with Crippen molar-refractivity contribution in [1.82, 2.24) is 20.0 Å². The van der Waals surface area contributed by atoms with E-state index >= 15 is 4.39 Å². The summed E-state index contributed by atoms with van der Waals surface area (Å²) in [5.41, 5.74) is 1.94. The Morgan fingerprint density at radius 1 is 1.06 bits per heavy atom. The molecule has 0 spiro atoms. The van der Waals surface area contributed by atoms with Gasteiger partial charge in [-0.25, -0.2) is 9.18 Å². The van der Waals surface area contributed by atoms with E-state index in [4.69, 9.17) is 41.8 Å². The van der Waals surface area contributed by atoms with Crippen LogP contribution in [0.2, 0.25) is 10.0 Å². The lowest BCUT2D eigenvalue weighted by molar-refractivity contribution is 0.0377. The topological polar surface area (TPSA) is 134 Å². The Hall–Kier alpha value is -4.41. The summed E-state index contributed by atoms with van der Waals surface area (Å²) in [4.78, 5) is 16.0. The fraction of sp³-hybridized carbons (Fsp3) is 0.371. The number of β-amino-alcohol motifs (C(OH)–C–C–N with tert-alkyl or cyclic N) is 1. The van der Waals surface area contributed by atoms with Gasteiger partial charge in [-0.15, -0.1) is 10.2 Å². The highest BCUT2D eigenvalue weighted by molar-refractivity contribution is 6.32. The molecule has 1 saturated heterocycles. The molecule has 0 unspecified atom stereocenters. The molecule has 258 valence electrons. The lowest BCUT2D eigenvalue weighted by Gasteiger charge is -2.35. The molecule has 2 heterocycles. The van der Waals surface area contributed by atoms with Gasteiger partial charge in [-0.2, -0.15) is 5.26 Å². The molecular formula is C35H36Cl2FN5O6. The molecule has 1 fully saturated rings. The van der Waals surface area contributed by atoms with Crippen LogP contribution in [0.3, 0.4) is 0 Å². The number of ether oxygens (including phenoxy) is 3. The molecule has 0 bridgehead atoms. The van der Waals surface area contributed by atoms with Crippen LogP contribution in [0.5, 0.6) is 17.2 Å². The number of benzene rings is 3. The highest BCUT2D eigenvalue weighted by atomic mass is 35.5. The lowest BCUT2D eigenvalue weighted by Crippen LogP contribution is -2.51. The number of hydrogen-bond donors (Lipinski definition) is 1. The number of amides is 1. The molecule has 1 aromatic heterocycles. The van der Waals surface area contributed by atoms with Gasteiger partial charge in [0.25, 0.3) is 0 Å². The van der Waals surface area contributed by atoms with Gasteiger partial charge in [0.2, 0.25) is 11.8 Å². The van der Waals surface area contributed by atoms with Gasteiger partial charge < -0.3 is 28.6 Å². The first-order valence-corrected chi connectivity index (χ1v) is 16.5. The van der Waals surface area contributed by atoms with Crippen molar-refractivity contribution in [2.24, 2.45) is 5.92 Å². The van der Waals surface area contributed by atoms with E-state index in [1.807, 2.05) is 32.9 Å². The summed E-state index contributed by atoms with van der Waals surface area (Å²) in [7, 11) is 0. The van der Waals surface area contributed by atoms with Crippen molar-refractivity contribution in [3.05, 3.63) is 87.0 Å². The molecular weight excluding hydrogens is 676 g/mol. The number of halogens is 3. The van der Waals surface area contributed by atoms with Crippen molar-refractivity contribution < 1.29 is 32.9 Å². The fourth-order valence-corrected chi connectivity index (χ4v) is 5.57. The first-order valence-electron chi connectivity index (χ1n) is 15.7. The second-order valence-corrected chi connectivity index (χ2v) is 13.0. The number of aliphatic hydroxyl groups is 1. The van der Waals surface area contributed by atoms with Crippen LogP contribution in [0.25, 0.3) is 11.5 Å². The van der Waals surface area contributed by atoms with Gasteiger partial charge in [-0.05, 0) is 60.9 Å². The second kappa shape index (κ2) is 16.3. The Balaban J connectivity index is 1.14.